The number of rotatable bonds is 6. The first-order chi connectivity index (χ1) is 8.58. The van der Waals surface area contributed by atoms with Crippen LogP contribution in [0.25, 0.3) is 6.08 Å². The molecule has 1 amide bonds. The number of aliphatic carboxylic acids is 1. The Morgan fingerprint density at radius 3 is 2.56 bits per heavy atom. The largest absolute Gasteiger partial charge is 0.481 e. The second-order valence-corrected chi connectivity index (χ2v) is 4.11. The van der Waals surface area contributed by atoms with Crippen molar-refractivity contribution in [1.82, 2.24) is 5.32 Å². The van der Waals surface area contributed by atoms with E-state index in [0.717, 1.165) is 5.56 Å². The number of nitrogens with one attached hydrogen (secondary N) is 1. The SMILES string of the molecule is O=C(O)CCCNC(=O)/C=C\c1ccc(Cl)cc1. The average molecular weight is 268 g/mol. The number of amides is 1. The zero-order chi connectivity index (χ0) is 13.4. The maximum atomic E-state index is 11.4. The van der Waals surface area contributed by atoms with Crippen molar-refractivity contribution in [2.24, 2.45) is 0 Å². The molecule has 1 rings (SSSR count). The standard InChI is InChI=1S/C13H14ClNO3/c14-11-6-3-10(4-7-11)5-8-12(16)15-9-1-2-13(17)18/h3-8H,1-2,9H2,(H,15,16)(H,17,18)/b8-5-. The van der Waals surface area contributed by atoms with Crippen LogP contribution >= 0.6 is 11.6 Å². The Bertz CT molecular complexity index is 440. The number of hydrogen-bond donors (Lipinski definition) is 2. The van der Waals surface area contributed by atoms with Crippen molar-refractivity contribution in [3.05, 3.63) is 40.9 Å². The number of benzene rings is 1. The Morgan fingerprint density at radius 2 is 1.94 bits per heavy atom. The van der Waals surface area contributed by atoms with Crippen molar-refractivity contribution in [3.8, 4) is 0 Å². The third-order valence-corrected chi connectivity index (χ3v) is 2.42. The topological polar surface area (TPSA) is 66.4 Å². The Hall–Kier alpha value is -1.81. The molecule has 96 valence electrons. The molecule has 0 atom stereocenters. The molecule has 4 nitrogen and oxygen atoms in total. The molecule has 0 unspecified atom stereocenters. The van der Waals surface area contributed by atoms with Gasteiger partial charge in [-0.2, -0.15) is 0 Å². The van der Waals surface area contributed by atoms with E-state index >= 15 is 0 Å². The van der Waals surface area contributed by atoms with E-state index in [9.17, 15) is 9.59 Å². The van der Waals surface area contributed by atoms with E-state index in [1.165, 1.54) is 6.08 Å². The first kappa shape index (κ1) is 14.3. The van der Waals surface area contributed by atoms with Crippen molar-refractivity contribution < 1.29 is 14.7 Å². The summed E-state index contributed by atoms with van der Waals surface area (Å²) in [4.78, 5) is 21.6. The maximum Gasteiger partial charge on any atom is 0.303 e. The summed E-state index contributed by atoms with van der Waals surface area (Å²) in [6, 6.07) is 7.09. The van der Waals surface area contributed by atoms with E-state index in [4.69, 9.17) is 16.7 Å². The van der Waals surface area contributed by atoms with Crippen LogP contribution in [-0.4, -0.2) is 23.5 Å². The fourth-order valence-corrected chi connectivity index (χ4v) is 1.38. The van der Waals surface area contributed by atoms with Gasteiger partial charge in [0.1, 0.15) is 0 Å². The zero-order valence-corrected chi connectivity index (χ0v) is 10.5. The molecular weight excluding hydrogens is 254 g/mol. The van der Waals surface area contributed by atoms with Gasteiger partial charge in [0.15, 0.2) is 0 Å². The fraction of sp³-hybridized carbons (Fsp3) is 0.231. The molecule has 0 radical (unpaired) electrons. The van der Waals surface area contributed by atoms with Crippen LogP contribution in [0, 0.1) is 0 Å². The summed E-state index contributed by atoms with van der Waals surface area (Å²) in [7, 11) is 0. The molecule has 2 N–H and O–H groups in total. The van der Waals surface area contributed by atoms with Crippen LogP contribution in [0.3, 0.4) is 0 Å². The Morgan fingerprint density at radius 1 is 1.28 bits per heavy atom. The lowest BCUT2D eigenvalue weighted by atomic mass is 10.2. The molecule has 1 aromatic rings. The molecule has 0 saturated heterocycles. The Balaban J connectivity index is 2.31. The van der Waals surface area contributed by atoms with Gasteiger partial charge in [0.25, 0.3) is 0 Å². The quantitative estimate of drug-likeness (QED) is 0.614. The Labute approximate surface area is 110 Å². The highest BCUT2D eigenvalue weighted by Gasteiger charge is 1.98. The summed E-state index contributed by atoms with van der Waals surface area (Å²) in [6.45, 7) is 0.357. The van der Waals surface area contributed by atoms with Crippen LogP contribution < -0.4 is 5.32 Å². The average Bonchev–Trinajstić information content (AvgIpc) is 2.34. The smallest absolute Gasteiger partial charge is 0.303 e. The summed E-state index contributed by atoms with van der Waals surface area (Å²) >= 11 is 5.73. The van der Waals surface area contributed by atoms with Gasteiger partial charge in [-0.25, -0.2) is 0 Å². The van der Waals surface area contributed by atoms with Gasteiger partial charge >= 0.3 is 5.97 Å². The van der Waals surface area contributed by atoms with E-state index in [2.05, 4.69) is 5.32 Å². The maximum absolute atomic E-state index is 11.4. The number of halogens is 1. The number of carbonyl (C=O) groups excluding carboxylic acids is 1. The van der Waals surface area contributed by atoms with Gasteiger partial charge in [-0.05, 0) is 30.2 Å². The van der Waals surface area contributed by atoms with E-state index in [1.807, 2.05) is 0 Å². The molecule has 0 fully saturated rings. The minimum Gasteiger partial charge on any atom is -0.481 e. The van der Waals surface area contributed by atoms with Crippen molar-refractivity contribution in [1.29, 1.82) is 0 Å². The number of carbonyl (C=O) groups is 2. The number of hydrogen-bond acceptors (Lipinski definition) is 2. The van der Waals surface area contributed by atoms with Crippen LogP contribution in [0.4, 0.5) is 0 Å². The number of carboxylic acids is 1. The van der Waals surface area contributed by atoms with Crippen LogP contribution in [0.1, 0.15) is 18.4 Å². The monoisotopic (exact) mass is 267 g/mol. The summed E-state index contributed by atoms with van der Waals surface area (Å²) in [5, 5.41) is 11.7. The summed E-state index contributed by atoms with van der Waals surface area (Å²) in [5.74, 6) is -1.10. The van der Waals surface area contributed by atoms with Crippen LogP contribution in [0.15, 0.2) is 30.3 Å². The van der Waals surface area contributed by atoms with E-state index in [-0.39, 0.29) is 12.3 Å². The van der Waals surface area contributed by atoms with E-state index < -0.39 is 5.97 Å². The summed E-state index contributed by atoms with van der Waals surface area (Å²) in [5.41, 5.74) is 0.875. The lowest BCUT2D eigenvalue weighted by Crippen LogP contribution is -2.22. The minimum absolute atomic E-state index is 0.0567. The lowest BCUT2D eigenvalue weighted by Gasteiger charge is -1.99. The molecular formula is C13H14ClNO3. The summed E-state index contributed by atoms with van der Waals surface area (Å²) in [6.07, 6.45) is 3.56. The predicted molar refractivity (Wildman–Crippen MR) is 70.4 cm³/mol. The van der Waals surface area contributed by atoms with Crippen LogP contribution in [0.2, 0.25) is 5.02 Å². The van der Waals surface area contributed by atoms with Gasteiger partial charge in [-0.15, -0.1) is 0 Å². The van der Waals surface area contributed by atoms with E-state index in [1.54, 1.807) is 30.3 Å². The molecule has 0 aliphatic carbocycles. The lowest BCUT2D eigenvalue weighted by molar-refractivity contribution is -0.137. The second-order valence-electron chi connectivity index (χ2n) is 3.67. The molecule has 0 spiro atoms. The normalized spacial score (nSPS) is 10.5. The molecule has 0 aliphatic heterocycles. The molecule has 1 aromatic carbocycles. The third-order valence-electron chi connectivity index (χ3n) is 2.16. The first-order valence-corrected chi connectivity index (χ1v) is 5.89. The molecule has 0 aromatic heterocycles. The second kappa shape index (κ2) is 7.50. The van der Waals surface area contributed by atoms with Crippen LogP contribution in [-0.2, 0) is 9.59 Å². The molecule has 18 heavy (non-hydrogen) atoms. The van der Waals surface area contributed by atoms with E-state index in [0.29, 0.717) is 18.0 Å². The highest BCUT2D eigenvalue weighted by Crippen LogP contribution is 2.10. The van der Waals surface area contributed by atoms with Gasteiger partial charge in [0.2, 0.25) is 5.91 Å². The predicted octanol–water partition coefficient (Wildman–Crippen LogP) is 2.33. The minimum atomic E-state index is -0.860. The zero-order valence-electron chi connectivity index (χ0n) is 9.73. The Kier molecular flexibility index (Phi) is 5.94. The van der Waals surface area contributed by atoms with Crippen LogP contribution in [0.5, 0.6) is 0 Å². The first-order valence-electron chi connectivity index (χ1n) is 5.51. The van der Waals surface area contributed by atoms with Crippen molar-refractivity contribution in [2.45, 2.75) is 12.8 Å². The third kappa shape index (κ3) is 6.06. The highest BCUT2D eigenvalue weighted by atomic mass is 35.5. The van der Waals surface area contributed by atoms with Gasteiger partial charge in [0.05, 0.1) is 0 Å². The van der Waals surface area contributed by atoms with Gasteiger partial charge in [-0.3, -0.25) is 9.59 Å². The highest BCUT2D eigenvalue weighted by molar-refractivity contribution is 6.30. The molecule has 0 bridgehead atoms. The summed E-state index contributed by atoms with van der Waals surface area (Å²) < 4.78 is 0. The van der Waals surface area contributed by atoms with Crippen molar-refractivity contribution >= 4 is 29.6 Å². The molecule has 0 saturated carbocycles. The fourth-order valence-electron chi connectivity index (χ4n) is 1.26. The molecule has 0 heterocycles. The molecule has 0 aliphatic rings. The van der Waals surface area contributed by atoms with Crippen molar-refractivity contribution in [2.75, 3.05) is 6.54 Å². The van der Waals surface area contributed by atoms with Gasteiger partial charge in [0, 0.05) is 24.1 Å². The van der Waals surface area contributed by atoms with Gasteiger partial charge in [-0.1, -0.05) is 23.7 Å². The number of carboxylic acid groups (broad SMARTS) is 1. The van der Waals surface area contributed by atoms with Gasteiger partial charge < -0.3 is 10.4 Å². The molecule has 5 heteroatoms. The van der Waals surface area contributed by atoms with Crippen molar-refractivity contribution in [3.63, 3.8) is 0 Å².